The Morgan fingerprint density at radius 3 is 2.76 bits per heavy atom. The molecule has 3 N–H and O–H groups in total. The van der Waals surface area contributed by atoms with E-state index in [1.165, 1.54) is 15.3 Å². The number of nitrogens with zero attached hydrogens (tertiary/aromatic N) is 4. The average Bonchev–Trinajstić information content (AvgIpc) is 3.66. The SMILES string of the molecule is Cc1ccc(-c2ccnc3[nH]c(-c4n[nH]c5cnc(-c6cncc(OC7CCNCC7)c6)cc45)cc23)s1. The lowest BCUT2D eigenvalue weighted by Gasteiger charge is -2.23. The van der Waals surface area contributed by atoms with E-state index >= 15 is 0 Å². The van der Waals surface area contributed by atoms with Crippen molar-refractivity contribution in [2.24, 2.45) is 0 Å². The molecular formula is C28H25N7OS. The van der Waals surface area contributed by atoms with E-state index in [-0.39, 0.29) is 6.10 Å². The molecule has 0 spiro atoms. The Balaban J connectivity index is 1.26. The fraction of sp³-hybridized carbons (Fsp3) is 0.214. The van der Waals surface area contributed by atoms with Crippen LogP contribution in [0.4, 0.5) is 0 Å². The maximum absolute atomic E-state index is 6.21. The van der Waals surface area contributed by atoms with Crippen LogP contribution in [0.2, 0.25) is 0 Å². The highest BCUT2D eigenvalue weighted by atomic mass is 32.1. The van der Waals surface area contributed by atoms with Gasteiger partial charge in [0.1, 0.15) is 23.2 Å². The zero-order valence-corrected chi connectivity index (χ0v) is 21.1. The standard InChI is InChI=1S/C28H25N7OS/c1-16-2-3-26(37-16)20-6-9-31-28-21(20)11-24(33-28)27-22-12-23(32-15-25(22)34-35-27)17-10-19(14-30-13-17)36-18-4-7-29-8-5-18/h2-3,6,9-15,18,29H,4-5,7-8H2,1H3,(H,31,33)(H,34,35). The molecule has 184 valence electrons. The molecule has 0 radical (unpaired) electrons. The Morgan fingerprint density at radius 2 is 1.89 bits per heavy atom. The Bertz CT molecular complexity index is 1730. The summed E-state index contributed by atoms with van der Waals surface area (Å²) in [6, 6.07) is 12.6. The molecule has 0 aromatic carbocycles. The van der Waals surface area contributed by atoms with Gasteiger partial charge in [0, 0.05) is 44.0 Å². The molecule has 8 nitrogen and oxygen atoms in total. The monoisotopic (exact) mass is 507 g/mol. The molecule has 0 unspecified atom stereocenters. The van der Waals surface area contributed by atoms with Gasteiger partial charge in [-0.2, -0.15) is 5.10 Å². The molecule has 0 amide bonds. The Morgan fingerprint density at radius 1 is 0.973 bits per heavy atom. The second kappa shape index (κ2) is 9.10. The molecule has 6 aromatic heterocycles. The normalized spacial score (nSPS) is 14.5. The van der Waals surface area contributed by atoms with Crippen LogP contribution in [-0.2, 0) is 0 Å². The van der Waals surface area contributed by atoms with E-state index in [1.807, 2.05) is 24.7 Å². The first kappa shape index (κ1) is 22.1. The summed E-state index contributed by atoms with van der Waals surface area (Å²) in [4.78, 5) is 19.7. The van der Waals surface area contributed by atoms with Gasteiger partial charge in [-0.05, 0) is 69.3 Å². The summed E-state index contributed by atoms with van der Waals surface area (Å²) in [5.74, 6) is 0.775. The average molecular weight is 508 g/mol. The highest BCUT2D eigenvalue weighted by molar-refractivity contribution is 7.15. The molecule has 0 bridgehead atoms. The van der Waals surface area contributed by atoms with Crippen LogP contribution in [0.3, 0.4) is 0 Å². The molecule has 37 heavy (non-hydrogen) atoms. The van der Waals surface area contributed by atoms with Crippen LogP contribution >= 0.6 is 11.3 Å². The van der Waals surface area contributed by atoms with Crippen molar-refractivity contribution in [2.75, 3.05) is 13.1 Å². The lowest BCUT2D eigenvalue weighted by atomic mass is 10.1. The Labute approximate surface area is 217 Å². The summed E-state index contributed by atoms with van der Waals surface area (Å²) in [6.45, 7) is 4.09. The second-order valence-corrected chi connectivity index (χ2v) is 10.7. The fourth-order valence-electron chi connectivity index (χ4n) is 4.96. The Kier molecular flexibility index (Phi) is 5.44. The minimum Gasteiger partial charge on any atom is -0.489 e. The lowest BCUT2D eigenvalue weighted by Crippen LogP contribution is -2.34. The highest BCUT2D eigenvalue weighted by Gasteiger charge is 2.17. The van der Waals surface area contributed by atoms with Crippen LogP contribution in [0.15, 0.2) is 61.2 Å². The summed E-state index contributed by atoms with van der Waals surface area (Å²) >= 11 is 1.79. The quantitative estimate of drug-likeness (QED) is 0.275. The molecule has 9 heteroatoms. The number of nitrogens with one attached hydrogen (secondary N) is 3. The summed E-state index contributed by atoms with van der Waals surface area (Å²) in [7, 11) is 0. The van der Waals surface area contributed by atoms with Gasteiger partial charge >= 0.3 is 0 Å². The molecule has 1 fully saturated rings. The summed E-state index contributed by atoms with van der Waals surface area (Å²) < 4.78 is 6.21. The summed E-state index contributed by atoms with van der Waals surface area (Å²) in [5.41, 5.74) is 6.36. The molecule has 7 heterocycles. The molecule has 1 saturated heterocycles. The van der Waals surface area contributed by atoms with E-state index in [0.29, 0.717) is 0 Å². The van der Waals surface area contributed by atoms with Crippen LogP contribution in [0, 0.1) is 6.92 Å². The number of rotatable bonds is 5. The van der Waals surface area contributed by atoms with Gasteiger partial charge in [0.15, 0.2) is 0 Å². The third kappa shape index (κ3) is 4.16. The maximum Gasteiger partial charge on any atom is 0.138 e. The van der Waals surface area contributed by atoms with E-state index in [9.17, 15) is 0 Å². The third-order valence-corrected chi connectivity index (χ3v) is 7.87. The van der Waals surface area contributed by atoms with Crippen molar-refractivity contribution in [1.82, 2.24) is 35.5 Å². The molecule has 1 aliphatic rings. The van der Waals surface area contributed by atoms with Crippen molar-refractivity contribution in [3.05, 3.63) is 66.1 Å². The van der Waals surface area contributed by atoms with Crippen molar-refractivity contribution >= 4 is 33.3 Å². The number of aryl methyl sites for hydroxylation is 1. The smallest absolute Gasteiger partial charge is 0.138 e. The van der Waals surface area contributed by atoms with Crippen molar-refractivity contribution in [3.63, 3.8) is 0 Å². The topological polar surface area (TPSA) is 104 Å². The first-order valence-electron chi connectivity index (χ1n) is 12.4. The van der Waals surface area contributed by atoms with Gasteiger partial charge in [-0.3, -0.25) is 15.1 Å². The van der Waals surface area contributed by atoms with Crippen LogP contribution in [0.5, 0.6) is 5.75 Å². The first-order valence-corrected chi connectivity index (χ1v) is 13.2. The molecule has 0 aliphatic carbocycles. The predicted molar refractivity (Wildman–Crippen MR) is 147 cm³/mol. The van der Waals surface area contributed by atoms with Gasteiger partial charge in [0.2, 0.25) is 0 Å². The second-order valence-electron chi connectivity index (χ2n) is 9.38. The van der Waals surface area contributed by atoms with Crippen molar-refractivity contribution in [3.8, 4) is 38.8 Å². The minimum atomic E-state index is 0.216. The molecule has 7 rings (SSSR count). The van der Waals surface area contributed by atoms with Gasteiger partial charge in [0.05, 0.1) is 29.3 Å². The van der Waals surface area contributed by atoms with Crippen molar-refractivity contribution in [1.29, 1.82) is 0 Å². The number of aromatic nitrogens is 6. The molecule has 1 aliphatic heterocycles. The van der Waals surface area contributed by atoms with Gasteiger partial charge in [-0.15, -0.1) is 11.3 Å². The largest absolute Gasteiger partial charge is 0.489 e. The number of fused-ring (bicyclic) bond motifs is 2. The highest BCUT2D eigenvalue weighted by Crippen LogP contribution is 2.36. The van der Waals surface area contributed by atoms with Crippen LogP contribution in [0.1, 0.15) is 17.7 Å². The van der Waals surface area contributed by atoms with E-state index in [0.717, 1.165) is 76.3 Å². The summed E-state index contributed by atoms with van der Waals surface area (Å²) in [5, 5.41) is 13.2. The van der Waals surface area contributed by atoms with E-state index < -0.39 is 0 Å². The van der Waals surface area contributed by atoms with E-state index in [1.54, 1.807) is 17.5 Å². The van der Waals surface area contributed by atoms with Gasteiger partial charge in [0.25, 0.3) is 0 Å². The number of pyridine rings is 3. The maximum atomic E-state index is 6.21. The number of ether oxygens (including phenoxy) is 1. The van der Waals surface area contributed by atoms with Crippen molar-refractivity contribution in [2.45, 2.75) is 25.9 Å². The van der Waals surface area contributed by atoms with Crippen molar-refractivity contribution < 1.29 is 4.74 Å². The number of piperidine rings is 1. The Hall–Kier alpha value is -4.08. The first-order chi connectivity index (χ1) is 18.2. The van der Waals surface area contributed by atoms with Gasteiger partial charge < -0.3 is 15.0 Å². The molecule has 0 saturated carbocycles. The molecule has 0 atom stereocenters. The fourth-order valence-corrected chi connectivity index (χ4v) is 5.86. The van der Waals surface area contributed by atoms with Crippen LogP contribution < -0.4 is 10.1 Å². The predicted octanol–water partition coefficient (Wildman–Crippen LogP) is 5.73. The molecular weight excluding hydrogens is 482 g/mol. The van der Waals surface area contributed by atoms with E-state index in [2.05, 4.69) is 72.7 Å². The third-order valence-electron chi connectivity index (χ3n) is 6.84. The van der Waals surface area contributed by atoms with Crippen LogP contribution in [0.25, 0.3) is 55.0 Å². The number of thiophene rings is 1. The zero-order chi connectivity index (χ0) is 24.8. The number of hydrogen-bond acceptors (Lipinski definition) is 7. The summed E-state index contributed by atoms with van der Waals surface area (Å²) in [6.07, 6.45) is 9.49. The van der Waals surface area contributed by atoms with Gasteiger partial charge in [-0.1, -0.05) is 0 Å². The lowest BCUT2D eigenvalue weighted by molar-refractivity contribution is 0.162. The van der Waals surface area contributed by atoms with E-state index in [4.69, 9.17) is 4.74 Å². The van der Waals surface area contributed by atoms with Crippen LogP contribution in [-0.4, -0.2) is 49.3 Å². The molecule has 6 aromatic rings. The number of H-pyrrole nitrogens is 2. The number of hydrogen-bond donors (Lipinski definition) is 3. The number of aromatic amines is 2. The minimum absolute atomic E-state index is 0.216. The van der Waals surface area contributed by atoms with Gasteiger partial charge in [-0.25, -0.2) is 4.98 Å². The zero-order valence-electron chi connectivity index (χ0n) is 20.3.